The van der Waals surface area contributed by atoms with Gasteiger partial charge in [-0.2, -0.15) is 13.2 Å². The highest BCUT2D eigenvalue weighted by atomic mass is 19.4. The van der Waals surface area contributed by atoms with Crippen LogP contribution in [-0.2, 0) is 12.6 Å². The summed E-state index contributed by atoms with van der Waals surface area (Å²) in [6, 6.07) is 17.0. The Morgan fingerprint density at radius 3 is 1.91 bits per heavy atom. The van der Waals surface area contributed by atoms with Crippen LogP contribution in [0, 0.1) is 17.5 Å². The van der Waals surface area contributed by atoms with Crippen LogP contribution in [0.3, 0.4) is 0 Å². The second-order valence-electron chi connectivity index (χ2n) is 7.62. The fourth-order valence-corrected chi connectivity index (χ4v) is 3.85. The SMILES string of the molecule is CCCc1ccc(-c2ccc3c(F)c(-c4cc(F)c(C(F)(F)F)c(F)c4)ccc3c2)cc1. The summed E-state index contributed by atoms with van der Waals surface area (Å²) in [4.78, 5) is 0. The maximum absolute atomic E-state index is 15.2. The second kappa shape index (κ2) is 8.34. The van der Waals surface area contributed by atoms with Gasteiger partial charge in [-0.1, -0.05) is 61.9 Å². The number of hydrogen-bond donors (Lipinski definition) is 0. The molecule has 0 amide bonds. The van der Waals surface area contributed by atoms with Crippen LogP contribution in [0.5, 0.6) is 0 Å². The topological polar surface area (TPSA) is 0 Å². The predicted octanol–water partition coefficient (Wildman–Crippen LogP) is 8.56. The van der Waals surface area contributed by atoms with Crippen molar-refractivity contribution >= 4 is 10.8 Å². The first-order chi connectivity index (χ1) is 15.2. The highest BCUT2D eigenvalue weighted by Gasteiger charge is 2.38. The third-order valence-corrected chi connectivity index (χ3v) is 5.42. The van der Waals surface area contributed by atoms with Crippen LogP contribution in [0.1, 0.15) is 24.5 Å². The maximum atomic E-state index is 15.2. The number of alkyl halides is 3. The lowest BCUT2D eigenvalue weighted by molar-refractivity contribution is -0.142. The van der Waals surface area contributed by atoms with Gasteiger partial charge in [0, 0.05) is 10.9 Å². The minimum atomic E-state index is -5.18. The largest absolute Gasteiger partial charge is 0.422 e. The molecule has 0 radical (unpaired) electrons. The van der Waals surface area contributed by atoms with Gasteiger partial charge in [-0.15, -0.1) is 0 Å². The van der Waals surface area contributed by atoms with E-state index in [9.17, 15) is 22.0 Å². The summed E-state index contributed by atoms with van der Waals surface area (Å²) in [5.41, 5.74) is 0.590. The van der Waals surface area contributed by atoms with Gasteiger partial charge in [0.1, 0.15) is 23.0 Å². The molecule has 6 heteroatoms. The molecule has 0 saturated carbocycles. The van der Waals surface area contributed by atoms with Gasteiger partial charge in [0.05, 0.1) is 0 Å². The van der Waals surface area contributed by atoms with Crippen LogP contribution < -0.4 is 0 Å². The quantitative estimate of drug-likeness (QED) is 0.277. The number of halogens is 6. The van der Waals surface area contributed by atoms with Crippen molar-refractivity contribution in [3.05, 3.63) is 95.3 Å². The molecule has 0 nitrogen and oxygen atoms in total. The molecule has 4 aromatic rings. The maximum Gasteiger partial charge on any atom is 0.422 e. The van der Waals surface area contributed by atoms with Gasteiger partial charge < -0.3 is 0 Å². The van der Waals surface area contributed by atoms with Gasteiger partial charge in [0.2, 0.25) is 0 Å². The highest BCUT2D eigenvalue weighted by molar-refractivity contribution is 5.91. The number of benzene rings is 4. The second-order valence-corrected chi connectivity index (χ2v) is 7.62. The van der Waals surface area contributed by atoms with Crippen LogP contribution in [0.25, 0.3) is 33.0 Å². The Labute approximate surface area is 181 Å². The van der Waals surface area contributed by atoms with Crippen LogP contribution in [0.4, 0.5) is 26.3 Å². The molecule has 0 spiro atoms. The molecule has 0 atom stereocenters. The Kier molecular flexibility index (Phi) is 5.71. The van der Waals surface area contributed by atoms with Gasteiger partial charge in [-0.3, -0.25) is 0 Å². The van der Waals surface area contributed by atoms with E-state index in [2.05, 4.69) is 6.92 Å². The van der Waals surface area contributed by atoms with Crippen molar-refractivity contribution in [3.63, 3.8) is 0 Å². The average Bonchev–Trinajstić information content (AvgIpc) is 2.73. The van der Waals surface area contributed by atoms with Gasteiger partial charge in [-0.05, 0) is 52.3 Å². The van der Waals surface area contributed by atoms with Gasteiger partial charge in [-0.25, -0.2) is 13.2 Å². The van der Waals surface area contributed by atoms with Gasteiger partial charge in [0.25, 0.3) is 0 Å². The normalized spacial score (nSPS) is 11.8. The van der Waals surface area contributed by atoms with Crippen molar-refractivity contribution in [2.24, 2.45) is 0 Å². The lowest BCUT2D eigenvalue weighted by atomic mass is 9.95. The summed E-state index contributed by atoms with van der Waals surface area (Å²) >= 11 is 0. The van der Waals surface area contributed by atoms with E-state index in [0.717, 1.165) is 24.0 Å². The summed E-state index contributed by atoms with van der Waals surface area (Å²) in [5.74, 6) is -4.33. The zero-order chi connectivity index (χ0) is 23.0. The highest BCUT2D eigenvalue weighted by Crippen LogP contribution is 2.37. The Morgan fingerprint density at radius 1 is 0.688 bits per heavy atom. The third-order valence-electron chi connectivity index (χ3n) is 5.42. The Bertz CT molecular complexity index is 1260. The summed E-state index contributed by atoms with van der Waals surface area (Å²) in [6.45, 7) is 2.10. The number of rotatable bonds is 4. The van der Waals surface area contributed by atoms with E-state index in [1.54, 1.807) is 24.3 Å². The molecular weight excluding hydrogens is 426 g/mol. The van der Waals surface area contributed by atoms with Crippen molar-refractivity contribution in [1.82, 2.24) is 0 Å². The Hall–Kier alpha value is -3.28. The molecule has 0 aromatic heterocycles. The fraction of sp³-hybridized carbons (Fsp3) is 0.154. The number of hydrogen-bond acceptors (Lipinski definition) is 0. The lowest BCUT2D eigenvalue weighted by Crippen LogP contribution is -2.11. The summed E-state index contributed by atoms with van der Waals surface area (Å²) in [5, 5.41) is 0.767. The number of aryl methyl sites for hydroxylation is 1. The lowest BCUT2D eigenvalue weighted by Gasteiger charge is -2.13. The summed E-state index contributed by atoms with van der Waals surface area (Å²) < 4.78 is 81.6. The molecule has 0 aliphatic carbocycles. The van der Waals surface area contributed by atoms with E-state index in [-0.39, 0.29) is 16.5 Å². The van der Waals surface area contributed by atoms with E-state index in [4.69, 9.17) is 0 Å². The molecule has 0 bridgehead atoms. The molecule has 0 N–H and O–H groups in total. The summed E-state index contributed by atoms with van der Waals surface area (Å²) in [7, 11) is 0. The smallest absolute Gasteiger partial charge is 0.206 e. The summed E-state index contributed by atoms with van der Waals surface area (Å²) in [6.07, 6.45) is -3.15. The van der Waals surface area contributed by atoms with Gasteiger partial charge >= 0.3 is 6.18 Å². The Morgan fingerprint density at radius 2 is 1.31 bits per heavy atom. The van der Waals surface area contributed by atoms with Crippen molar-refractivity contribution < 1.29 is 26.3 Å². The molecule has 4 rings (SSSR count). The molecule has 4 aromatic carbocycles. The molecule has 0 saturated heterocycles. The first-order valence-electron chi connectivity index (χ1n) is 10.1. The van der Waals surface area contributed by atoms with E-state index in [1.165, 1.54) is 11.6 Å². The number of fused-ring (bicyclic) bond motifs is 1. The molecule has 32 heavy (non-hydrogen) atoms. The first kappa shape index (κ1) is 21.9. The molecular formula is C26H18F6. The zero-order valence-corrected chi connectivity index (χ0v) is 17.0. The molecule has 0 heterocycles. The van der Waals surface area contributed by atoms with Crippen molar-refractivity contribution in [1.29, 1.82) is 0 Å². The van der Waals surface area contributed by atoms with Crippen LogP contribution in [0.2, 0.25) is 0 Å². The van der Waals surface area contributed by atoms with E-state index >= 15 is 4.39 Å². The van der Waals surface area contributed by atoms with E-state index in [0.29, 0.717) is 17.5 Å². The molecule has 0 fully saturated rings. The average molecular weight is 444 g/mol. The van der Waals surface area contributed by atoms with Crippen LogP contribution in [0.15, 0.2) is 66.7 Å². The van der Waals surface area contributed by atoms with E-state index < -0.39 is 29.2 Å². The zero-order valence-electron chi connectivity index (χ0n) is 17.0. The third kappa shape index (κ3) is 4.09. The van der Waals surface area contributed by atoms with Crippen LogP contribution >= 0.6 is 0 Å². The van der Waals surface area contributed by atoms with Crippen molar-refractivity contribution in [3.8, 4) is 22.3 Å². The van der Waals surface area contributed by atoms with Gasteiger partial charge in [0.15, 0.2) is 0 Å². The van der Waals surface area contributed by atoms with Crippen molar-refractivity contribution in [2.75, 3.05) is 0 Å². The Balaban J connectivity index is 1.75. The minimum absolute atomic E-state index is 0.180. The molecule has 0 unspecified atom stereocenters. The molecule has 0 aliphatic heterocycles. The minimum Gasteiger partial charge on any atom is -0.206 e. The van der Waals surface area contributed by atoms with E-state index in [1.807, 2.05) is 24.3 Å². The fourth-order valence-electron chi connectivity index (χ4n) is 3.85. The molecule has 0 aliphatic rings. The van der Waals surface area contributed by atoms with Crippen molar-refractivity contribution in [2.45, 2.75) is 25.9 Å². The predicted molar refractivity (Wildman–Crippen MR) is 114 cm³/mol. The standard InChI is InChI=1S/C26H18F6/c1-2-3-15-4-6-16(7-5-15)17-8-10-20-18(12-17)9-11-21(25(20)29)19-13-22(27)24(23(28)14-19)26(30,31)32/h4-14H,2-3H2,1H3. The van der Waals surface area contributed by atoms with Crippen LogP contribution in [-0.4, -0.2) is 0 Å². The first-order valence-corrected chi connectivity index (χ1v) is 10.1. The molecule has 164 valence electrons. The monoisotopic (exact) mass is 444 g/mol.